The molecule has 0 saturated carbocycles. The average Bonchev–Trinajstić information content (AvgIpc) is 2.46. The Morgan fingerprint density at radius 1 is 1.32 bits per heavy atom. The highest BCUT2D eigenvalue weighted by atomic mass is 16.5. The third-order valence-electron chi connectivity index (χ3n) is 3.03. The van der Waals surface area contributed by atoms with Gasteiger partial charge in [0.2, 0.25) is 0 Å². The molecule has 0 atom stereocenters. The van der Waals surface area contributed by atoms with E-state index in [2.05, 4.69) is 0 Å². The van der Waals surface area contributed by atoms with Gasteiger partial charge in [0.15, 0.2) is 18.1 Å². The van der Waals surface area contributed by atoms with Crippen LogP contribution in [-0.4, -0.2) is 50.8 Å². The summed E-state index contributed by atoms with van der Waals surface area (Å²) in [5.74, 6) is 1.22. The number of methoxy groups -OCH3 is 1. The Hall–Kier alpha value is -1.75. The fourth-order valence-electron chi connectivity index (χ4n) is 1.94. The molecular formula is C14H19NO4. The Balaban J connectivity index is 1.92. The maximum atomic E-state index is 11.9. The molecule has 1 fully saturated rings. The van der Waals surface area contributed by atoms with Crippen molar-refractivity contribution in [2.45, 2.75) is 6.92 Å². The molecule has 1 amide bonds. The lowest BCUT2D eigenvalue weighted by Gasteiger charge is -2.26. The van der Waals surface area contributed by atoms with E-state index in [4.69, 9.17) is 14.2 Å². The molecule has 5 heteroatoms. The van der Waals surface area contributed by atoms with E-state index in [1.807, 2.05) is 25.1 Å². The summed E-state index contributed by atoms with van der Waals surface area (Å²) in [6.45, 7) is 4.46. The fourth-order valence-corrected chi connectivity index (χ4v) is 1.94. The predicted molar refractivity (Wildman–Crippen MR) is 70.6 cm³/mol. The second kappa shape index (κ2) is 6.43. The van der Waals surface area contributed by atoms with Gasteiger partial charge < -0.3 is 19.1 Å². The van der Waals surface area contributed by atoms with Crippen molar-refractivity contribution in [3.8, 4) is 11.5 Å². The van der Waals surface area contributed by atoms with Crippen LogP contribution in [0, 0.1) is 6.92 Å². The third kappa shape index (κ3) is 3.61. The van der Waals surface area contributed by atoms with Crippen molar-refractivity contribution in [1.82, 2.24) is 4.90 Å². The zero-order chi connectivity index (χ0) is 13.7. The Kier molecular flexibility index (Phi) is 4.63. The Morgan fingerprint density at radius 2 is 2.05 bits per heavy atom. The van der Waals surface area contributed by atoms with Gasteiger partial charge in [0.25, 0.3) is 5.91 Å². The number of carbonyl (C=O) groups excluding carboxylic acids is 1. The number of nitrogens with zero attached hydrogens (tertiary/aromatic N) is 1. The summed E-state index contributed by atoms with van der Waals surface area (Å²) in [7, 11) is 1.59. The summed E-state index contributed by atoms with van der Waals surface area (Å²) in [6.07, 6.45) is 0. The predicted octanol–water partition coefficient (Wildman–Crippen LogP) is 1.24. The van der Waals surface area contributed by atoms with Gasteiger partial charge >= 0.3 is 0 Å². The first-order chi connectivity index (χ1) is 9.20. The number of aryl methyl sites for hydroxylation is 1. The smallest absolute Gasteiger partial charge is 0.260 e. The van der Waals surface area contributed by atoms with Crippen molar-refractivity contribution < 1.29 is 19.0 Å². The van der Waals surface area contributed by atoms with Crippen molar-refractivity contribution in [2.24, 2.45) is 0 Å². The fraction of sp³-hybridized carbons (Fsp3) is 0.500. The van der Waals surface area contributed by atoms with E-state index < -0.39 is 0 Å². The maximum absolute atomic E-state index is 11.9. The van der Waals surface area contributed by atoms with Gasteiger partial charge in [0.1, 0.15) is 0 Å². The van der Waals surface area contributed by atoms with Gasteiger partial charge in [-0.15, -0.1) is 0 Å². The minimum absolute atomic E-state index is 0.0223. The van der Waals surface area contributed by atoms with Crippen LogP contribution >= 0.6 is 0 Å². The van der Waals surface area contributed by atoms with E-state index in [1.165, 1.54) is 0 Å². The van der Waals surface area contributed by atoms with Gasteiger partial charge in [0, 0.05) is 13.1 Å². The maximum Gasteiger partial charge on any atom is 0.260 e. The molecule has 0 unspecified atom stereocenters. The molecule has 1 aliphatic heterocycles. The number of hydrogen-bond donors (Lipinski definition) is 0. The van der Waals surface area contributed by atoms with Crippen LogP contribution in [0.25, 0.3) is 0 Å². The second-order valence-corrected chi connectivity index (χ2v) is 4.44. The first-order valence-corrected chi connectivity index (χ1v) is 6.33. The standard InChI is InChI=1S/C14H19NO4/c1-11-3-4-12(13(9-11)17-2)19-10-14(16)15-5-7-18-8-6-15/h3-4,9H,5-8,10H2,1-2H3. The summed E-state index contributed by atoms with van der Waals surface area (Å²) in [4.78, 5) is 13.7. The van der Waals surface area contributed by atoms with Crippen LogP contribution in [-0.2, 0) is 9.53 Å². The van der Waals surface area contributed by atoms with Crippen LogP contribution in [0.15, 0.2) is 18.2 Å². The Morgan fingerprint density at radius 3 is 2.74 bits per heavy atom. The molecule has 1 aromatic carbocycles. The Labute approximate surface area is 113 Å². The minimum atomic E-state index is -0.0223. The van der Waals surface area contributed by atoms with E-state index >= 15 is 0 Å². The second-order valence-electron chi connectivity index (χ2n) is 4.44. The molecule has 104 valence electrons. The lowest BCUT2D eigenvalue weighted by atomic mass is 10.2. The van der Waals surface area contributed by atoms with E-state index in [0.29, 0.717) is 37.8 Å². The summed E-state index contributed by atoms with van der Waals surface area (Å²) in [5.41, 5.74) is 1.09. The first kappa shape index (κ1) is 13.7. The van der Waals surface area contributed by atoms with Crippen LogP contribution < -0.4 is 9.47 Å². The molecule has 1 aliphatic rings. The topological polar surface area (TPSA) is 48.0 Å². The van der Waals surface area contributed by atoms with E-state index in [-0.39, 0.29) is 12.5 Å². The molecule has 1 saturated heterocycles. The van der Waals surface area contributed by atoms with Crippen LogP contribution in [0.2, 0.25) is 0 Å². The molecule has 0 bridgehead atoms. The zero-order valence-electron chi connectivity index (χ0n) is 11.3. The number of amides is 1. The summed E-state index contributed by atoms with van der Waals surface area (Å²) < 4.78 is 16.0. The number of rotatable bonds is 4. The number of benzene rings is 1. The molecular weight excluding hydrogens is 246 g/mol. The highest BCUT2D eigenvalue weighted by Gasteiger charge is 2.17. The van der Waals surface area contributed by atoms with Crippen LogP contribution in [0.1, 0.15) is 5.56 Å². The summed E-state index contributed by atoms with van der Waals surface area (Å²) in [5, 5.41) is 0. The van der Waals surface area contributed by atoms with Crippen LogP contribution in [0.5, 0.6) is 11.5 Å². The largest absolute Gasteiger partial charge is 0.493 e. The molecule has 1 aromatic rings. The van der Waals surface area contributed by atoms with E-state index in [9.17, 15) is 4.79 Å². The van der Waals surface area contributed by atoms with Gasteiger partial charge in [-0.25, -0.2) is 0 Å². The van der Waals surface area contributed by atoms with Gasteiger partial charge in [-0.3, -0.25) is 4.79 Å². The molecule has 0 spiro atoms. The zero-order valence-corrected chi connectivity index (χ0v) is 11.3. The first-order valence-electron chi connectivity index (χ1n) is 6.33. The minimum Gasteiger partial charge on any atom is -0.493 e. The third-order valence-corrected chi connectivity index (χ3v) is 3.03. The molecule has 5 nitrogen and oxygen atoms in total. The normalized spacial score (nSPS) is 15.2. The molecule has 0 aliphatic carbocycles. The lowest BCUT2D eigenvalue weighted by molar-refractivity contribution is -0.137. The van der Waals surface area contributed by atoms with Gasteiger partial charge in [0.05, 0.1) is 20.3 Å². The molecule has 19 heavy (non-hydrogen) atoms. The SMILES string of the molecule is COc1cc(C)ccc1OCC(=O)N1CCOCC1. The molecule has 1 heterocycles. The van der Waals surface area contributed by atoms with Crippen molar-refractivity contribution in [3.63, 3.8) is 0 Å². The van der Waals surface area contributed by atoms with Crippen molar-refractivity contribution in [1.29, 1.82) is 0 Å². The van der Waals surface area contributed by atoms with E-state index in [1.54, 1.807) is 12.0 Å². The molecule has 2 rings (SSSR count). The molecule has 0 N–H and O–H groups in total. The number of morpholine rings is 1. The highest BCUT2D eigenvalue weighted by Crippen LogP contribution is 2.27. The van der Waals surface area contributed by atoms with E-state index in [0.717, 1.165) is 5.56 Å². The lowest BCUT2D eigenvalue weighted by Crippen LogP contribution is -2.43. The van der Waals surface area contributed by atoms with Crippen LogP contribution in [0.3, 0.4) is 0 Å². The summed E-state index contributed by atoms with van der Waals surface area (Å²) >= 11 is 0. The number of hydrogen-bond acceptors (Lipinski definition) is 4. The van der Waals surface area contributed by atoms with Gasteiger partial charge in [-0.2, -0.15) is 0 Å². The monoisotopic (exact) mass is 265 g/mol. The number of ether oxygens (including phenoxy) is 3. The van der Waals surface area contributed by atoms with Gasteiger partial charge in [-0.05, 0) is 24.6 Å². The molecule has 0 radical (unpaired) electrons. The quantitative estimate of drug-likeness (QED) is 0.822. The van der Waals surface area contributed by atoms with Crippen LogP contribution in [0.4, 0.5) is 0 Å². The van der Waals surface area contributed by atoms with Gasteiger partial charge in [-0.1, -0.05) is 6.07 Å². The number of carbonyl (C=O) groups is 1. The van der Waals surface area contributed by atoms with Crippen molar-refractivity contribution in [3.05, 3.63) is 23.8 Å². The average molecular weight is 265 g/mol. The van der Waals surface area contributed by atoms with Crippen molar-refractivity contribution in [2.75, 3.05) is 40.0 Å². The highest BCUT2D eigenvalue weighted by molar-refractivity contribution is 5.78. The van der Waals surface area contributed by atoms with Crippen molar-refractivity contribution >= 4 is 5.91 Å². The molecule has 0 aromatic heterocycles. The summed E-state index contributed by atoms with van der Waals surface area (Å²) in [6, 6.07) is 5.63. The Bertz CT molecular complexity index is 441.